The normalized spacial score (nSPS) is 10.5. The summed E-state index contributed by atoms with van der Waals surface area (Å²) in [7, 11) is 0. The number of benzene rings is 1. The largest absolute Gasteiger partial charge is 0.491 e. The second-order valence-corrected chi connectivity index (χ2v) is 6.28. The molecule has 1 aromatic carbocycles. The molecule has 0 atom stereocenters. The van der Waals surface area contributed by atoms with Gasteiger partial charge in [0.1, 0.15) is 5.75 Å². The van der Waals surface area contributed by atoms with E-state index in [0.29, 0.717) is 12.3 Å². The minimum atomic E-state index is 0.675. The maximum Gasteiger partial charge on any atom is 0.144 e. The highest BCUT2D eigenvalue weighted by molar-refractivity contribution is 7.16. The quantitative estimate of drug-likeness (QED) is 0.744. The topological polar surface area (TPSA) is 47.3 Å². The molecular weight excluding hydrogens is 292 g/mol. The Morgan fingerprint density at radius 1 is 1.30 bits per heavy atom. The van der Waals surface area contributed by atoms with E-state index in [-0.39, 0.29) is 0 Å². The molecule has 0 saturated heterocycles. The minimum Gasteiger partial charge on any atom is -0.491 e. The molecule has 3 nitrogen and oxygen atoms in total. The van der Waals surface area contributed by atoms with Crippen molar-refractivity contribution in [3.63, 3.8) is 0 Å². The SMILES string of the molecule is CCCOc1cc(NCCc2ccc(Cl)s2)ccc1N. The first-order valence-corrected chi connectivity index (χ1v) is 7.89. The van der Waals surface area contributed by atoms with Crippen molar-refractivity contribution in [3.8, 4) is 5.75 Å². The summed E-state index contributed by atoms with van der Waals surface area (Å²) in [6.45, 7) is 3.61. The third kappa shape index (κ3) is 4.32. The predicted molar refractivity (Wildman–Crippen MR) is 88.2 cm³/mol. The Morgan fingerprint density at radius 3 is 2.85 bits per heavy atom. The van der Waals surface area contributed by atoms with Gasteiger partial charge in [0.15, 0.2) is 0 Å². The van der Waals surface area contributed by atoms with E-state index in [4.69, 9.17) is 22.1 Å². The van der Waals surface area contributed by atoms with Crippen molar-refractivity contribution >= 4 is 34.3 Å². The van der Waals surface area contributed by atoms with Crippen molar-refractivity contribution in [2.24, 2.45) is 0 Å². The van der Waals surface area contributed by atoms with Crippen LogP contribution in [0.3, 0.4) is 0 Å². The highest BCUT2D eigenvalue weighted by atomic mass is 35.5. The first-order valence-electron chi connectivity index (χ1n) is 6.69. The van der Waals surface area contributed by atoms with Gasteiger partial charge in [-0.25, -0.2) is 0 Å². The third-order valence-electron chi connectivity index (χ3n) is 2.80. The van der Waals surface area contributed by atoms with Gasteiger partial charge in [-0.1, -0.05) is 18.5 Å². The fourth-order valence-corrected chi connectivity index (χ4v) is 2.88. The summed E-state index contributed by atoms with van der Waals surface area (Å²) in [4.78, 5) is 1.28. The molecule has 0 fully saturated rings. The number of thiophene rings is 1. The number of rotatable bonds is 7. The Kier molecular flexibility index (Phi) is 5.56. The Morgan fingerprint density at radius 2 is 2.15 bits per heavy atom. The lowest BCUT2D eigenvalue weighted by molar-refractivity contribution is 0.319. The van der Waals surface area contributed by atoms with Gasteiger partial charge in [0, 0.05) is 23.2 Å². The summed E-state index contributed by atoms with van der Waals surface area (Å²) >= 11 is 7.53. The fourth-order valence-electron chi connectivity index (χ4n) is 1.80. The van der Waals surface area contributed by atoms with Gasteiger partial charge in [-0.3, -0.25) is 0 Å². The van der Waals surface area contributed by atoms with E-state index in [9.17, 15) is 0 Å². The molecule has 0 unspecified atom stereocenters. The number of hydrogen-bond acceptors (Lipinski definition) is 4. The zero-order valence-electron chi connectivity index (χ0n) is 11.5. The van der Waals surface area contributed by atoms with Crippen molar-refractivity contribution in [2.75, 3.05) is 24.2 Å². The molecule has 0 aliphatic heterocycles. The number of nitrogens with one attached hydrogen (secondary N) is 1. The molecule has 3 N–H and O–H groups in total. The van der Waals surface area contributed by atoms with Crippen molar-refractivity contribution in [1.29, 1.82) is 0 Å². The number of hydrogen-bond donors (Lipinski definition) is 2. The van der Waals surface area contributed by atoms with Gasteiger partial charge in [-0.15, -0.1) is 11.3 Å². The molecule has 108 valence electrons. The summed E-state index contributed by atoms with van der Waals surface area (Å²) in [6, 6.07) is 9.78. The number of halogens is 1. The van der Waals surface area contributed by atoms with Gasteiger partial charge in [-0.05, 0) is 37.1 Å². The first kappa shape index (κ1) is 15.0. The molecule has 0 aliphatic rings. The highest BCUT2D eigenvalue weighted by Gasteiger charge is 2.03. The zero-order valence-corrected chi connectivity index (χ0v) is 13.1. The van der Waals surface area contributed by atoms with Crippen LogP contribution >= 0.6 is 22.9 Å². The van der Waals surface area contributed by atoms with E-state index in [1.807, 2.05) is 24.3 Å². The minimum absolute atomic E-state index is 0.675. The van der Waals surface area contributed by atoms with E-state index >= 15 is 0 Å². The zero-order chi connectivity index (χ0) is 14.4. The first-order chi connectivity index (χ1) is 9.69. The van der Waals surface area contributed by atoms with Crippen LogP contribution in [0.25, 0.3) is 0 Å². The van der Waals surface area contributed by atoms with Gasteiger partial charge in [0.25, 0.3) is 0 Å². The van der Waals surface area contributed by atoms with Crippen molar-refractivity contribution < 1.29 is 4.74 Å². The number of anilines is 2. The van der Waals surface area contributed by atoms with Crippen LogP contribution in [0.4, 0.5) is 11.4 Å². The maximum atomic E-state index is 5.91. The summed E-state index contributed by atoms with van der Waals surface area (Å²) in [6.07, 6.45) is 1.92. The highest BCUT2D eigenvalue weighted by Crippen LogP contribution is 2.26. The second kappa shape index (κ2) is 7.41. The maximum absolute atomic E-state index is 5.91. The van der Waals surface area contributed by atoms with Crippen LogP contribution < -0.4 is 15.8 Å². The number of nitrogens with two attached hydrogens (primary N) is 1. The van der Waals surface area contributed by atoms with Gasteiger partial charge >= 0.3 is 0 Å². The Bertz CT molecular complexity index is 557. The van der Waals surface area contributed by atoms with E-state index in [1.54, 1.807) is 11.3 Å². The van der Waals surface area contributed by atoms with Crippen LogP contribution in [0.2, 0.25) is 4.34 Å². The van der Waals surface area contributed by atoms with Crippen LogP contribution in [0, 0.1) is 0 Å². The second-order valence-electron chi connectivity index (χ2n) is 4.48. The molecule has 2 aromatic rings. The van der Waals surface area contributed by atoms with Gasteiger partial charge < -0.3 is 15.8 Å². The molecular formula is C15H19ClN2OS. The smallest absolute Gasteiger partial charge is 0.144 e. The molecule has 5 heteroatoms. The monoisotopic (exact) mass is 310 g/mol. The summed E-state index contributed by atoms with van der Waals surface area (Å²) in [5.41, 5.74) is 7.58. The van der Waals surface area contributed by atoms with E-state index in [2.05, 4.69) is 18.3 Å². The van der Waals surface area contributed by atoms with Gasteiger partial charge in [0.05, 0.1) is 16.6 Å². The lowest BCUT2D eigenvalue weighted by atomic mass is 10.2. The molecule has 0 bridgehead atoms. The predicted octanol–water partition coefficient (Wildman–Crippen LogP) is 4.43. The Balaban J connectivity index is 1.89. The standard InChI is InChI=1S/C15H19ClN2OS/c1-2-9-19-14-10-11(3-5-13(14)17)18-8-7-12-4-6-15(16)20-12/h3-6,10,18H,2,7-9,17H2,1H3. The lowest BCUT2D eigenvalue weighted by Crippen LogP contribution is -2.05. The molecule has 0 saturated carbocycles. The van der Waals surface area contributed by atoms with Crippen LogP contribution in [0.15, 0.2) is 30.3 Å². The van der Waals surface area contributed by atoms with Crippen LogP contribution in [0.1, 0.15) is 18.2 Å². The van der Waals surface area contributed by atoms with Crippen molar-refractivity contribution in [3.05, 3.63) is 39.5 Å². The molecule has 0 aliphatic carbocycles. The number of nitrogen functional groups attached to an aromatic ring is 1. The van der Waals surface area contributed by atoms with Crippen molar-refractivity contribution in [2.45, 2.75) is 19.8 Å². The van der Waals surface area contributed by atoms with Gasteiger partial charge in [0.2, 0.25) is 0 Å². The molecule has 0 amide bonds. The van der Waals surface area contributed by atoms with Crippen LogP contribution in [0.5, 0.6) is 5.75 Å². The van der Waals surface area contributed by atoms with Crippen LogP contribution in [-0.2, 0) is 6.42 Å². The molecule has 0 spiro atoms. The molecule has 1 heterocycles. The molecule has 2 rings (SSSR count). The third-order valence-corrected chi connectivity index (χ3v) is 4.10. The van der Waals surface area contributed by atoms with Crippen molar-refractivity contribution in [1.82, 2.24) is 0 Å². The number of ether oxygens (including phenoxy) is 1. The fraction of sp³-hybridized carbons (Fsp3) is 0.333. The molecule has 1 aromatic heterocycles. The van der Waals surface area contributed by atoms with E-state index in [1.165, 1.54) is 4.88 Å². The lowest BCUT2D eigenvalue weighted by Gasteiger charge is -2.11. The summed E-state index contributed by atoms with van der Waals surface area (Å²) in [5, 5.41) is 3.37. The van der Waals surface area contributed by atoms with E-state index in [0.717, 1.165) is 35.2 Å². The average Bonchev–Trinajstić information content (AvgIpc) is 2.85. The molecule has 20 heavy (non-hydrogen) atoms. The van der Waals surface area contributed by atoms with Crippen LogP contribution in [-0.4, -0.2) is 13.2 Å². The average molecular weight is 311 g/mol. The summed E-state index contributed by atoms with van der Waals surface area (Å²) < 4.78 is 6.45. The van der Waals surface area contributed by atoms with Gasteiger partial charge in [-0.2, -0.15) is 0 Å². The van der Waals surface area contributed by atoms with E-state index < -0.39 is 0 Å². The molecule has 0 radical (unpaired) electrons. The Hall–Kier alpha value is -1.39. The Labute approximate surface area is 128 Å². The summed E-state index contributed by atoms with van der Waals surface area (Å²) in [5.74, 6) is 0.746.